The van der Waals surface area contributed by atoms with E-state index >= 15 is 0 Å². The molecular weight excluding hydrogens is 286 g/mol. The van der Waals surface area contributed by atoms with Gasteiger partial charge in [0.1, 0.15) is 4.99 Å². The number of benzene rings is 1. The van der Waals surface area contributed by atoms with E-state index in [0.29, 0.717) is 11.6 Å². The number of nitrogens with two attached hydrogens (primary N) is 1. The first-order valence-corrected chi connectivity index (χ1v) is 7.26. The molecule has 3 N–H and O–H groups in total. The van der Waals surface area contributed by atoms with Crippen molar-refractivity contribution in [3.8, 4) is 0 Å². The maximum atomic E-state index is 12.2. The summed E-state index contributed by atoms with van der Waals surface area (Å²) in [6.45, 7) is 3.38. The number of nitrogens with one attached hydrogen (secondary N) is 1. The van der Waals surface area contributed by atoms with E-state index in [4.69, 9.17) is 22.7 Å². The highest BCUT2D eigenvalue weighted by Gasteiger charge is 2.17. The van der Waals surface area contributed by atoms with Crippen molar-refractivity contribution in [1.82, 2.24) is 4.90 Å². The van der Waals surface area contributed by atoms with Crippen molar-refractivity contribution < 1.29 is 9.53 Å². The van der Waals surface area contributed by atoms with Gasteiger partial charge in [0.05, 0.1) is 6.04 Å². The van der Waals surface area contributed by atoms with Gasteiger partial charge < -0.3 is 15.8 Å². The molecule has 0 bridgehead atoms. The number of rotatable bonds is 8. The topological polar surface area (TPSA) is 67.6 Å². The molecule has 0 heterocycles. The molecule has 1 aromatic carbocycles. The summed E-state index contributed by atoms with van der Waals surface area (Å²) < 4.78 is 5.01. The average Bonchev–Trinajstić information content (AvgIpc) is 2.47. The molecule has 1 unspecified atom stereocenters. The van der Waals surface area contributed by atoms with Gasteiger partial charge in [0, 0.05) is 31.5 Å². The van der Waals surface area contributed by atoms with Gasteiger partial charge in [-0.3, -0.25) is 9.69 Å². The molecule has 5 nitrogen and oxygen atoms in total. The van der Waals surface area contributed by atoms with Crippen molar-refractivity contribution >= 4 is 28.8 Å². The number of hydrogen-bond acceptors (Lipinski definition) is 4. The third-order valence-corrected chi connectivity index (χ3v) is 3.57. The minimum Gasteiger partial charge on any atom is -0.389 e. The molecular formula is C15H23N3O2S. The molecule has 116 valence electrons. The molecule has 1 rings (SSSR count). The molecule has 0 saturated carbocycles. The molecule has 0 fully saturated rings. The van der Waals surface area contributed by atoms with Gasteiger partial charge in [-0.25, -0.2) is 0 Å². The lowest BCUT2D eigenvalue weighted by atomic mass is 10.2. The van der Waals surface area contributed by atoms with Gasteiger partial charge >= 0.3 is 0 Å². The molecule has 21 heavy (non-hydrogen) atoms. The Hall–Kier alpha value is -1.50. The summed E-state index contributed by atoms with van der Waals surface area (Å²) in [4.78, 5) is 14.5. The van der Waals surface area contributed by atoms with Crippen LogP contribution in [0.2, 0.25) is 0 Å². The van der Waals surface area contributed by atoms with Crippen LogP contribution >= 0.6 is 12.2 Å². The van der Waals surface area contributed by atoms with Gasteiger partial charge in [-0.15, -0.1) is 0 Å². The number of nitrogens with zero attached hydrogens (tertiary/aromatic N) is 1. The van der Waals surface area contributed by atoms with E-state index in [1.165, 1.54) is 0 Å². The zero-order valence-electron chi connectivity index (χ0n) is 12.8. The van der Waals surface area contributed by atoms with Crippen molar-refractivity contribution in [2.75, 3.05) is 32.6 Å². The summed E-state index contributed by atoms with van der Waals surface area (Å²) in [7, 11) is 3.60. The van der Waals surface area contributed by atoms with Crippen LogP contribution in [0.1, 0.15) is 18.9 Å². The first-order chi connectivity index (χ1) is 9.95. The summed E-state index contributed by atoms with van der Waals surface area (Å²) in [5.74, 6) is -0.0435. The van der Waals surface area contributed by atoms with Crippen LogP contribution in [0.15, 0.2) is 24.3 Å². The van der Waals surface area contributed by atoms with Gasteiger partial charge in [0.15, 0.2) is 0 Å². The first-order valence-electron chi connectivity index (χ1n) is 6.85. The van der Waals surface area contributed by atoms with E-state index in [0.717, 1.165) is 24.2 Å². The Morgan fingerprint density at radius 1 is 1.43 bits per heavy atom. The predicted octanol–water partition coefficient (Wildman–Crippen LogP) is 1.62. The summed E-state index contributed by atoms with van der Waals surface area (Å²) in [6, 6.07) is 6.97. The Morgan fingerprint density at radius 3 is 2.57 bits per heavy atom. The number of amides is 1. The van der Waals surface area contributed by atoms with Crippen molar-refractivity contribution in [1.29, 1.82) is 0 Å². The molecule has 0 aliphatic carbocycles. The van der Waals surface area contributed by atoms with Crippen LogP contribution in [-0.4, -0.2) is 49.1 Å². The fourth-order valence-corrected chi connectivity index (χ4v) is 1.95. The number of methoxy groups -OCH3 is 1. The Morgan fingerprint density at radius 2 is 2.05 bits per heavy atom. The third kappa shape index (κ3) is 5.79. The summed E-state index contributed by atoms with van der Waals surface area (Å²) in [5.41, 5.74) is 7.06. The Labute approximate surface area is 131 Å². The van der Waals surface area contributed by atoms with Gasteiger partial charge in [0.2, 0.25) is 5.91 Å². The van der Waals surface area contributed by atoms with E-state index in [2.05, 4.69) is 5.32 Å². The van der Waals surface area contributed by atoms with Crippen LogP contribution in [0, 0.1) is 0 Å². The SMILES string of the molecule is COCCCN(C)C(C)C(=O)Nc1ccc(C(N)=S)cc1. The third-order valence-electron chi connectivity index (χ3n) is 3.34. The molecule has 0 aromatic heterocycles. The predicted molar refractivity (Wildman–Crippen MR) is 89.5 cm³/mol. The van der Waals surface area contributed by atoms with Crippen molar-refractivity contribution in [3.05, 3.63) is 29.8 Å². The molecule has 1 atom stereocenters. The molecule has 0 spiro atoms. The lowest BCUT2D eigenvalue weighted by molar-refractivity contribution is -0.120. The van der Waals surface area contributed by atoms with E-state index in [1.54, 1.807) is 31.4 Å². The number of likely N-dealkylation sites (N-methyl/N-ethyl adjacent to an activating group) is 1. The second-order valence-electron chi connectivity index (χ2n) is 4.93. The molecule has 0 radical (unpaired) electrons. The van der Waals surface area contributed by atoms with E-state index in [-0.39, 0.29) is 11.9 Å². The summed E-state index contributed by atoms with van der Waals surface area (Å²) in [6.07, 6.45) is 0.896. The zero-order chi connectivity index (χ0) is 15.8. The number of hydrogen-bond donors (Lipinski definition) is 2. The molecule has 6 heteroatoms. The molecule has 0 saturated heterocycles. The van der Waals surface area contributed by atoms with Crippen LogP contribution < -0.4 is 11.1 Å². The highest BCUT2D eigenvalue weighted by Crippen LogP contribution is 2.11. The normalized spacial score (nSPS) is 12.2. The lowest BCUT2D eigenvalue weighted by Crippen LogP contribution is -2.40. The second kappa shape index (κ2) is 8.71. The molecule has 0 aliphatic rings. The maximum absolute atomic E-state index is 12.2. The van der Waals surface area contributed by atoms with E-state index in [1.807, 2.05) is 18.9 Å². The number of anilines is 1. The quantitative estimate of drug-likeness (QED) is 0.564. The minimum absolute atomic E-state index is 0.0435. The van der Waals surface area contributed by atoms with E-state index in [9.17, 15) is 4.79 Å². The van der Waals surface area contributed by atoms with Gasteiger partial charge in [0.25, 0.3) is 0 Å². The molecule has 1 aromatic rings. The number of carbonyl (C=O) groups is 1. The molecule has 0 aliphatic heterocycles. The van der Waals surface area contributed by atoms with Crippen LogP contribution in [0.5, 0.6) is 0 Å². The fourth-order valence-electron chi connectivity index (χ4n) is 1.82. The van der Waals surface area contributed by atoms with Gasteiger partial charge in [-0.2, -0.15) is 0 Å². The van der Waals surface area contributed by atoms with Gasteiger partial charge in [-0.05, 0) is 44.7 Å². The Bertz CT molecular complexity index is 476. The maximum Gasteiger partial charge on any atom is 0.241 e. The smallest absolute Gasteiger partial charge is 0.241 e. The summed E-state index contributed by atoms with van der Waals surface area (Å²) in [5, 5.41) is 2.88. The van der Waals surface area contributed by atoms with Crippen LogP contribution in [0.3, 0.4) is 0 Å². The van der Waals surface area contributed by atoms with Crippen LogP contribution in [0.25, 0.3) is 0 Å². The largest absolute Gasteiger partial charge is 0.389 e. The zero-order valence-corrected chi connectivity index (χ0v) is 13.6. The fraction of sp³-hybridized carbons (Fsp3) is 0.467. The number of ether oxygens (including phenoxy) is 1. The Kier molecular flexibility index (Phi) is 7.28. The van der Waals surface area contributed by atoms with Crippen molar-refractivity contribution in [2.45, 2.75) is 19.4 Å². The standard InChI is InChI=1S/C15H23N3O2S/c1-11(18(2)9-4-10-20-3)15(19)17-13-7-5-12(6-8-13)14(16)21/h5-8,11H,4,9-10H2,1-3H3,(H2,16,21)(H,17,19). The highest BCUT2D eigenvalue weighted by molar-refractivity contribution is 7.80. The number of carbonyl (C=O) groups excluding carboxylic acids is 1. The van der Waals surface area contributed by atoms with Crippen molar-refractivity contribution in [3.63, 3.8) is 0 Å². The number of thiocarbonyl (C=S) groups is 1. The monoisotopic (exact) mass is 309 g/mol. The van der Waals surface area contributed by atoms with Crippen molar-refractivity contribution in [2.24, 2.45) is 5.73 Å². The average molecular weight is 309 g/mol. The van der Waals surface area contributed by atoms with E-state index < -0.39 is 0 Å². The lowest BCUT2D eigenvalue weighted by Gasteiger charge is -2.23. The van der Waals surface area contributed by atoms with Gasteiger partial charge in [-0.1, -0.05) is 12.2 Å². The minimum atomic E-state index is -0.211. The molecule has 1 amide bonds. The van der Waals surface area contributed by atoms with Crippen LogP contribution in [-0.2, 0) is 9.53 Å². The summed E-state index contributed by atoms with van der Waals surface area (Å²) >= 11 is 4.89. The highest BCUT2D eigenvalue weighted by atomic mass is 32.1. The second-order valence-corrected chi connectivity index (χ2v) is 5.37. The van der Waals surface area contributed by atoms with Crippen LogP contribution in [0.4, 0.5) is 5.69 Å². The Balaban J connectivity index is 2.53. The first kappa shape index (κ1) is 17.6.